The van der Waals surface area contributed by atoms with E-state index < -0.39 is 0 Å². The van der Waals surface area contributed by atoms with Crippen molar-refractivity contribution in [2.24, 2.45) is 0 Å². The maximum Gasteiger partial charge on any atom is 0.164 e. The number of hydrogen-bond donors (Lipinski definition) is 0. The van der Waals surface area contributed by atoms with Gasteiger partial charge < -0.3 is 8.97 Å². The van der Waals surface area contributed by atoms with E-state index in [1.165, 1.54) is 54.4 Å². The van der Waals surface area contributed by atoms with E-state index in [0.717, 1.165) is 39.0 Å². The maximum atomic E-state index is 5.07. The Morgan fingerprint density at radius 1 is 0.321 bits per heavy atom. The van der Waals surface area contributed by atoms with Crippen LogP contribution in [0, 0.1) is 0 Å². The molecule has 0 aliphatic carbocycles. The Hall–Kier alpha value is -7.63. The first kappa shape index (κ1) is 30.8. The molecule has 0 amide bonds. The van der Waals surface area contributed by atoms with Crippen molar-refractivity contribution in [1.29, 1.82) is 0 Å². The zero-order valence-electron chi connectivity index (χ0n) is 30.1. The van der Waals surface area contributed by atoms with Gasteiger partial charge in [-0.3, -0.25) is 0 Å². The standard InChI is InChI=1S/C51H31N5/c1-4-16-32(17-5-1)49-52-50(33-18-6-2-7-19-33)54-51(53-49)35-21-14-20-34(30-35)37-26-15-29-44-45(37)41-31-40-38-24-10-12-27-42(38)56-43-28-13-11-25-39(43)46(47(40)56)48(41)55(44)36-22-8-3-9-23-36/h1-31H. The van der Waals surface area contributed by atoms with Gasteiger partial charge >= 0.3 is 0 Å². The lowest BCUT2D eigenvalue weighted by atomic mass is 9.96. The molecule has 8 aromatic carbocycles. The fraction of sp³-hybridized carbons (Fsp3) is 0. The van der Waals surface area contributed by atoms with Crippen LogP contribution in [0.3, 0.4) is 0 Å². The van der Waals surface area contributed by atoms with Crippen molar-refractivity contribution < 1.29 is 0 Å². The summed E-state index contributed by atoms with van der Waals surface area (Å²) >= 11 is 0. The van der Waals surface area contributed by atoms with Gasteiger partial charge in [-0.15, -0.1) is 0 Å². The average Bonchev–Trinajstić information content (AvgIpc) is 3.92. The molecular weight excluding hydrogens is 683 g/mol. The van der Waals surface area contributed by atoms with Crippen molar-refractivity contribution in [3.05, 3.63) is 188 Å². The SMILES string of the molecule is c1ccc(-c2nc(-c3ccccc3)nc(-c3cccc(-c4cccc5c4c4cc6c7ccccc7n7c8ccccc8c(c4n5-c4ccccc4)c67)c3)n2)cc1. The van der Waals surface area contributed by atoms with E-state index >= 15 is 0 Å². The molecular formula is C51H31N5. The highest BCUT2D eigenvalue weighted by Crippen LogP contribution is 2.48. The zero-order chi connectivity index (χ0) is 36.7. The van der Waals surface area contributed by atoms with Crippen LogP contribution in [0.4, 0.5) is 0 Å². The zero-order valence-corrected chi connectivity index (χ0v) is 30.1. The third-order valence-electron chi connectivity index (χ3n) is 11.3. The summed E-state index contributed by atoms with van der Waals surface area (Å²) in [6.45, 7) is 0. The lowest BCUT2D eigenvalue weighted by Crippen LogP contribution is -2.00. The Balaban J connectivity index is 1.16. The Labute approximate surface area is 321 Å². The van der Waals surface area contributed by atoms with Crippen LogP contribution in [0.5, 0.6) is 0 Å². The van der Waals surface area contributed by atoms with Gasteiger partial charge in [-0.2, -0.15) is 0 Å². The van der Waals surface area contributed by atoms with Crippen molar-refractivity contribution in [3.8, 4) is 51.0 Å². The third kappa shape index (κ3) is 4.46. The third-order valence-corrected chi connectivity index (χ3v) is 11.3. The smallest absolute Gasteiger partial charge is 0.164 e. The molecule has 4 aromatic heterocycles. The van der Waals surface area contributed by atoms with Gasteiger partial charge in [-0.05, 0) is 53.6 Å². The summed E-state index contributed by atoms with van der Waals surface area (Å²) in [5.41, 5.74) is 12.3. The lowest BCUT2D eigenvalue weighted by Gasteiger charge is -2.11. The first-order chi connectivity index (χ1) is 27.8. The summed E-state index contributed by atoms with van der Waals surface area (Å²) in [4.78, 5) is 15.1. The number of benzene rings is 8. The number of aromatic nitrogens is 5. The van der Waals surface area contributed by atoms with Gasteiger partial charge in [0.2, 0.25) is 0 Å². The van der Waals surface area contributed by atoms with Gasteiger partial charge in [-0.25, -0.2) is 15.0 Å². The Morgan fingerprint density at radius 2 is 0.839 bits per heavy atom. The van der Waals surface area contributed by atoms with E-state index in [1.807, 2.05) is 60.7 Å². The van der Waals surface area contributed by atoms with Crippen LogP contribution >= 0.6 is 0 Å². The van der Waals surface area contributed by atoms with Crippen LogP contribution in [0.25, 0.3) is 111 Å². The minimum atomic E-state index is 0.637. The highest BCUT2D eigenvalue weighted by molar-refractivity contribution is 6.35. The second-order valence-electron chi connectivity index (χ2n) is 14.4. The molecule has 0 aliphatic heterocycles. The molecule has 260 valence electrons. The lowest BCUT2D eigenvalue weighted by molar-refractivity contribution is 1.07. The molecule has 0 N–H and O–H groups in total. The fourth-order valence-electron chi connectivity index (χ4n) is 8.90. The van der Waals surface area contributed by atoms with E-state index in [2.05, 4.69) is 136 Å². The summed E-state index contributed by atoms with van der Waals surface area (Å²) in [5, 5.41) is 7.50. The molecule has 0 atom stereocenters. The summed E-state index contributed by atoms with van der Waals surface area (Å²) in [7, 11) is 0. The van der Waals surface area contributed by atoms with Crippen LogP contribution in [0.1, 0.15) is 0 Å². The van der Waals surface area contributed by atoms with Crippen LogP contribution in [-0.4, -0.2) is 23.9 Å². The van der Waals surface area contributed by atoms with Gasteiger partial charge in [0, 0.05) is 54.7 Å². The number of para-hydroxylation sites is 3. The predicted molar refractivity (Wildman–Crippen MR) is 231 cm³/mol. The Kier molecular flexibility index (Phi) is 6.56. The van der Waals surface area contributed by atoms with E-state index in [4.69, 9.17) is 15.0 Å². The van der Waals surface area contributed by atoms with Gasteiger partial charge in [0.15, 0.2) is 17.5 Å². The number of fused-ring (bicyclic) bond motifs is 10. The van der Waals surface area contributed by atoms with Crippen LogP contribution < -0.4 is 0 Å². The van der Waals surface area contributed by atoms with Crippen molar-refractivity contribution in [2.45, 2.75) is 0 Å². The van der Waals surface area contributed by atoms with Crippen molar-refractivity contribution in [3.63, 3.8) is 0 Å². The van der Waals surface area contributed by atoms with Gasteiger partial charge in [0.1, 0.15) is 0 Å². The normalized spacial score (nSPS) is 11.9. The van der Waals surface area contributed by atoms with Gasteiger partial charge in [0.25, 0.3) is 0 Å². The van der Waals surface area contributed by atoms with Gasteiger partial charge in [0.05, 0.1) is 27.6 Å². The molecule has 0 saturated carbocycles. The van der Waals surface area contributed by atoms with E-state index in [-0.39, 0.29) is 0 Å². The second-order valence-corrected chi connectivity index (χ2v) is 14.4. The first-order valence-electron chi connectivity index (χ1n) is 19.0. The highest BCUT2D eigenvalue weighted by Gasteiger charge is 2.25. The predicted octanol–water partition coefficient (Wildman–Crippen LogP) is 12.8. The molecule has 0 saturated heterocycles. The average molecular weight is 714 g/mol. The molecule has 0 aliphatic rings. The van der Waals surface area contributed by atoms with Crippen LogP contribution in [0.15, 0.2) is 188 Å². The van der Waals surface area contributed by atoms with Crippen molar-refractivity contribution in [1.82, 2.24) is 23.9 Å². The molecule has 0 spiro atoms. The second kappa shape index (κ2) is 11.9. The molecule has 0 unspecified atom stereocenters. The van der Waals surface area contributed by atoms with Gasteiger partial charge in [-0.1, -0.05) is 146 Å². The molecule has 0 radical (unpaired) electrons. The molecule has 0 fully saturated rings. The topological polar surface area (TPSA) is 48.0 Å². The van der Waals surface area contributed by atoms with Crippen LogP contribution in [0.2, 0.25) is 0 Å². The molecule has 5 nitrogen and oxygen atoms in total. The minimum Gasteiger partial charge on any atom is -0.309 e. The molecule has 12 rings (SSSR count). The monoisotopic (exact) mass is 713 g/mol. The number of nitrogens with zero attached hydrogens (tertiary/aromatic N) is 5. The van der Waals surface area contributed by atoms with E-state index in [0.29, 0.717) is 17.5 Å². The quantitative estimate of drug-likeness (QED) is 0.178. The van der Waals surface area contributed by atoms with Crippen molar-refractivity contribution in [2.75, 3.05) is 0 Å². The molecule has 4 heterocycles. The van der Waals surface area contributed by atoms with Crippen molar-refractivity contribution >= 4 is 59.9 Å². The minimum absolute atomic E-state index is 0.637. The molecule has 12 aromatic rings. The largest absolute Gasteiger partial charge is 0.309 e. The summed E-state index contributed by atoms with van der Waals surface area (Å²) < 4.78 is 4.94. The first-order valence-corrected chi connectivity index (χ1v) is 19.0. The maximum absolute atomic E-state index is 5.07. The fourth-order valence-corrected chi connectivity index (χ4v) is 8.90. The number of rotatable bonds is 5. The Bertz CT molecular complexity index is 3400. The Morgan fingerprint density at radius 3 is 1.54 bits per heavy atom. The van der Waals surface area contributed by atoms with E-state index in [9.17, 15) is 0 Å². The summed E-state index contributed by atoms with van der Waals surface area (Å²) in [5.74, 6) is 1.93. The number of hydrogen-bond acceptors (Lipinski definition) is 3. The molecule has 5 heteroatoms. The summed E-state index contributed by atoms with van der Waals surface area (Å²) in [6, 6.07) is 66.6. The van der Waals surface area contributed by atoms with Crippen LogP contribution in [-0.2, 0) is 0 Å². The van der Waals surface area contributed by atoms with E-state index in [1.54, 1.807) is 0 Å². The summed E-state index contributed by atoms with van der Waals surface area (Å²) in [6.07, 6.45) is 0. The molecule has 0 bridgehead atoms. The highest BCUT2D eigenvalue weighted by atomic mass is 15.0. The molecule has 56 heavy (non-hydrogen) atoms.